The van der Waals surface area contributed by atoms with Crippen LogP contribution in [0.2, 0.25) is 5.02 Å². The maximum absolute atomic E-state index is 6.21. The summed E-state index contributed by atoms with van der Waals surface area (Å²) >= 11 is 6.21. The molecule has 0 spiro atoms. The summed E-state index contributed by atoms with van der Waals surface area (Å²) in [4.78, 5) is 6.67. The number of rotatable bonds is 4. The number of aliphatic imine (C=N–C) groups is 1. The van der Waals surface area contributed by atoms with Crippen molar-refractivity contribution in [1.82, 2.24) is 10.3 Å². The second-order valence-electron chi connectivity index (χ2n) is 5.31. The molecule has 0 amide bonds. The number of hydrogen-bond donors (Lipinski definition) is 1. The van der Waals surface area contributed by atoms with Gasteiger partial charge in [0.05, 0.1) is 12.3 Å². The average molecular weight is 305 g/mol. The maximum Gasteiger partial charge on any atom is 0.121 e. The van der Waals surface area contributed by atoms with Gasteiger partial charge in [-0.25, -0.2) is 0 Å². The highest BCUT2D eigenvalue weighted by molar-refractivity contribution is 6.32. The molecule has 0 radical (unpaired) electrons. The molecule has 112 valence electrons. The van der Waals surface area contributed by atoms with Gasteiger partial charge in [0.2, 0.25) is 0 Å². The molecule has 1 aromatic carbocycles. The summed E-state index contributed by atoms with van der Waals surface area (Å²) in [6.45, 7) is 3.69. The van der Waals surface area contributed by atoms with E-state index in [1.165, 1.54) is 0 Å². The molecule has 5 heteroatoms. The molecule has 2 rings (SSSR count). The summed E-state index contributed by atoms with van der Waals surface area (Å²) in [6.07, 6.45) is 2.84. The zero-order valence-electron chi connectivity index (χ0n) is 12.7. The number of hydrogen-bond acceptors (Lipinski definition) is 3. The van der Waals surface area contributed by atoms with Crippen LogP contribution >= 0.6 is 11.6 Å². The number of nitrogens with zero attached hydrogens (tertiary/aromatic N) is 3. The second-order valence-corrected chi connectivity index (χ2v) is 5.72. The molecule has 1 aromatic rings. The van der Waals surface area contributed by atoms with Crippen molar-refractivity contribution in [2.45, 2.75) is 13.3 Å². The quantitative estimate of drug-likeness (QED) is 0.928. The highest BCUT2D eigenvalue weighted by Crippen LogP contribution is 2.21. The molecular weight excluding hydrogens is 284 g/mol. The molecule has 0 unspecified atom stereocenters. The van der Waals surface area contributed by atoms with Crippen LogP contribution in [-0.4, -0.2) is 43.6 Å². The zero-order valence-corrected chi connectivity index (χ0v) is 13.5. The van der Waals surface area contributed by atoms with E-state index >= 15 is 0 Å². The van der Waals surface area contributed by atoms with Crippen LogP contribution in [0.3, 0.4) is 0 Å². The van der Waals surface area contributed by atoms with Crippen LogP contribution in [0.15, 0.2) is 39.9 Å². The van der Waals surface area contributed by atoms with E-state index in [-0.39, 0.29) is 0 Å². The van der Waals surface area contributed by atoms with E-state index < -0.39 is 0 Å². The first-order valence-electron chi connectivity index (χ1n) is 7.00. The van der Waals surface area contributed by atoms with E-state index in [0.717, 1.165) is 47.2 Å². The lowest BCUT2D eigenvalue weighted by atomic mass is 10.0. The molecule has 0 saturated heterocycles. The van der Waals surface area contributed by atoms with Gasteiger partial charge in [-0.3, -0.25) is 10.4 Å². The van der Waals surface area contributed by atoms with Crippen molar-refractivity contribution < 1.29 is 0 Å². The standard InChI is InChI=1S/C16H21ClN4/c1-12-14(10-13-6-4-5-7-15(13)17)11-16(20-19-12)18-8-9-21(2)3/h4-7,10H,8-9,11H2,1-3H3,(H,18,20)/b14-10+. The lowest BCUT2D eigenvalue weighted by Gasteiger charge is -2.17. The fourth-order valence-electron chi connectivity index (χ4n) is 1.98. The highest BCUT2D eigenvalue weighted by Gasteiger charge is 2.13. The Morgan fingerprint density at radius 3 is 2.86 bits per heavy atom. The number of likely N-dealkylation sites (N-methyl/N-ethyl adjacent to an activating group) is 1. The molecule has 0 aromatic heterocycles. The fourth-order valence-corrected chi connectivity index (χ4v) is 2.17. The van der Waals surface area contributed by atoms with Crippen molar-refractivity contribution in [1.29, 1.82) is 0 Å². The van der Waals surface area contributed by atoms with Crippen LogP contribution in [0.5, 0.6) is 0 Å². The minimum absolute atomic E-state index is 0.752. The molecule has 1 aliphatic rings. The van der Waals surface area contributed by atoms with Crippen molar-refractivity contribution in [3.8, 4) is 0 Å². The number of benzene rings is 1. The first-order chi connectivity index (χ1) is 10.1. The van der Waals surface area contributed by atoms with E-state index in [0.29, 0.717) is 0 Å². The smallest absolute Gasteiger partial charge is 0.121 e. The lowest BCUT2D eigenvalue weighted by molar-refractivity contribution is 0.420. The number of hydrazone groups is 1. The zero-order chi connectivity index (χ0) is 15.2. The molecule has 0 fully saturated rings. The molecule has 0 aliphatic carbocycles. The van der Waals surface area contributed by atoms with Crippen LogP contribution in [0.1, 0.15) is 18.9 Å². The van der Waals surface area contributed by atoms with Crippen LogP contribution in [0.4, 0.5) is 0 Å². The van der Waals surface area contributed by atoms with Crippen molar-refractivity contribution in [3.63, 3.8) is 0 Å². The SMILES string of the molecule is CC1=NNC(=NCCN(C)C)C/C1=C\c1ccccc1Cl. The predicted molar refractivity (Wildman–Crippen MR) is 91.1 cm³/mol. The Bertz CT molecular complexity index is 588. The van der Waals surface area contributed by atoms with Crippen molar-refractivity contribution in [2.75, 3.05) is 27.2 Å². The van der Waals surface area contributed by atoms with Gasteiger partial charge in [-0.1, -0.05) is 29.8 Å². The first kappa shape index (κ1) is 15.7. The van der Waals surface area contributed by atoms with Crippen molar-refractivity contribution in [3.05, 3.63) is 40.4 Å². The van der Waals surface area contributed by atoms with E-state index in [9.17, 15) is 0 Å². The van der Waals surface area contributed by atoms with E-state index in [1.807, 2.05) is 45.3 Å². The van der Waals surface area contributed by atoms with Gasteiger partial charge in [-0.05, 0) is 44.3 Å². The van der Waals surface area contributed by atoms with E-state index in [4.69, 9.17) is 11.6 Å². The third kappa shape index (κ3) is 4.69. The van der Waals surface area contributed by atoms with Gasteiger partial charge in [-0.2, -0.15) is 5.10 Å². The summed E-state index contributed by atoms with van der Waals surface area (Å²) in [7, 11) is 4.08. The summed E-state index contributed by atoms with van der Waals surface area (Å²) in [6, 6.07) is 7.82. The number of halogens is 1. The molecule has 1 N–H and O–H groups in total. The normalized spacial score (nSPS) is 19.0. The van der Waals surface area contributed by atoms with Crippen molar-refractivity contribution in [2.24, 2.45) is 10.1 Å². The summed E-state index contributed by atoms with van der Waals surface area (Å²) in [5.41, 5.74) is 6.15. The third-order valence-corrected chi connectivity index (χ3v) is 3.60. The fraction of sp³-hybridized carbons (Fsp3) is 0.375. The Labute approximate surface area is 131 Å². The monoisotopic (exact) mass is 304 g/mol. The van der Waals surface area contributed by atoms with Gasteiger partial charge in [0.25, 0.3) is 0 Å². The van der Waals surface area contributed by atoms with Gasteiger partial charge in [-0.15, -0.1) is 0 Å². The number of amidine groups is 1. The van der Waals surface area contributed by atoms with Gasteiger partial charge >= 0.3 is 0 Å². The molecule has 0 bridgehead atoms. The minimum atomic E-state index is 0.752. The summed E-state index contributed by atoms with van der Waals surface area (Å²) in [5.74, 6) is 0.903. The molecule has 4 nitrogen and oxygen atoms in total. The summed E-state index contributed by atoms with van der Waals surface area (Å²) in [5, 5.41) is 5.08. The maximum atomic E-state index is 6.21. The topological polar surface area (TPSA) is 40.0 Å². The van der Waals surface area contributed by atoms with E-state index in [2.05, 4.69) is 26.5 Å². The van der Waals surface area contributed by atoms with Gasteiger partial charge in [0.15, 0.2) is 0 Å². The predicted octanol–water partition coefficient (Wildman–Crippen LogP) is 3.05. The molecule has 1 aliphatic heterocycles. The molecule has 0 saturated carbocycles. The van der Waals surface area contributed by atoms with Gasteiger partial charge < -0.3 is 4.90 Å². The van der Waals surface area contributed by atoms with Crippen LogP contribution in [-0.2, 0) is 0 Å². The Morgan fingerprint density at radius 1 is 1.38 bits per heavy atom. The molecular formula is C16H21ClN4. The Balaban J connectivity index is 2.14. The van der Waals surface area contributed by atoms with E-state index in [1.54, 1.807) is 0 Å². The Hall–Kier alpha value is -1.65. The molecule has 21 heavy (non-hydrogen) atoms. The first-order valence-corrected chi connectivity index (χ1v) is 7.38. The summed E-state index contributed by atoms with van der Waals surface area (Å²) < 4.78 is 0. The Kier molecular flexibility index (Phi) is 5.53. The van der Waals surface area contributed by atoms with Gasteiger partial charge in [0.1, 0.15) is 5.84 Å². The van der Waals surface area contributed by atoms with Gasteiger partial charge in [0, 0.05) is 18.0 Å². The molecule has 0 atom stereocenters. The van der Waals surface area contributed by atoms with Crippen molar-refractivity contribution >= 4 is 29.2 Å². The Morgan fingerprint density at radius 2 is 2.14 bits per heavy atom. The lowest BCUT2D eigenvalue weighted by Crippen LogP contribution is -2.28. The average Bonchev–Trinajstić information content (AvgIpc) is 2.44. The number of nitrogens with one attached hydrogen (secondary N) is 1. The largest absolute Gasteiger partial charge is 0.308 e. The minimum Gasteiger partial charge on any atom is -0.308 e. The van der Waals surface area contributed by atoms with Crippen LogP contribution in [0.25, 0.3) is 6.08 Å². The van der Waals surface area contributed by atoms with Crippen LogP contribution in [0, 0.1) is 0 Å². The third-order valence-electron chi connectivity index (χ3n) is 3.26. The van der Waals surface area contributed by atoms with Crippen LogP contribution < -0.4 is 5.43 Å². The molecule has 1 heterocycles. The highest BCUT2D eigenvalue weighted by atomic mass is 35.5. The second kappa shape index (κ2) is 7.38.